The predicted molar refractivity (Wildman–Crippen MR) is 149 cm³/mol. The fourth-order valence-corrected chi connectivity index (χ4v) is 7.58. The monoisotopic (exact) mass is 605 g/mol. The zero-order chi connectivity index (χ0) is 28.7. The van der Waals surface area contributed by atoms with Gasteiger partial charge in [0.25, 0.3) is 5.89 Å². The van der Waals surface area contributed by atoms with Crippen molar-refractivity contribution in [2.45, 2.75) is 49.9 Å². The molecule has 0 N–H and O–H groups in total. The first kappa shape index (κ1) is 28.0. The van der Waals surface area contributed by atoms with E-state index in [2.05, 4.69) is 15.1 Å². The summed E-state index contributed by atoms with van der Waals surface area (Å²) in [5, 5.41) is 6.88. The summed E-state index contributed by atoms with van der Waals surface area (Å²) < 4.78 is 60.2. The van der Waals surface area contributed by atoms with Gasteiger partial charge >= 0.3 is 6.43 Å². The Bertz CT molecular complexity index is 1500. The van der Waals surface area contributed by atoms with E-state index in [1.807, 2.05) is 4.90 Å². The van der Waals surface area contributed by atoms with Crippen LogP contribution in [0.1, 0.15) is 43.6 Å². The van der Waals surface area contributed by atoms with Crippen molar-refractivity contribution in [1.29, 1.82) is 0 Å². The Morgan fingerprint density at radius 3 is 2.37 bits per heavy atom. The highest BCUT2D eigenvalue weighted by molar-refractivity contribution is 7.93. The molecule has 3 aromatic rings. The second kappa shape index (κ2) is 11.3. The number of halogens is 3. The summed E-state index contributed by atoms with van der Waals surface area (Å²) >= 11 is 6.24. The summed E-state index contributed by atoms with van der Waals surface area (Å²) in [6, 6.07) is 13.7. The molecule has 9 nitrogen and oxygen atoms in total. The first-order valence-corrected chi connectivity index (χ1v) is 15.6. The van der Waals surface area contributed by atoms with E-state index in [9.17, 15) is 22.0 Å². The number of piperidine rings is 1. The van der Waals surface area contributed by atoms with Crippen molar-refractivity contribution in [3.05, 3.63) is 65.0 Å². The number of hydrogen-bond acceptors (Lipinski definition) is 7. The van der Waals surface area contributed by atoms with E-state index in [1.165, 1.54) is 4.31 Å². The average molecular weight is 606 g/mol. The van der Waals surface area contributed by atoms with Crippen LogP contribution in [0.5, 0.6) is 0 Å². The lowest BCUT2D eigenvalue weighted by Gasteiger charge is -2.48. The molecule has 2 aromatic carbocycles. The van der Waals surface area contributed by atoms with Crippen molar-refractivity contribution in [3.63, 3.8) is 0 Å². The van der Waals surface area contributed by atoms with Crippen LogP contribution in [0.3, 0.4) is 0 Å². The molecule has 0 radical (unpaired) electrons. The van der Waals surface area contributed by atoms with E-state index in [1.54, 1.807) is 48.5 Å². The van der Waals surface area contributed by atoms with Gasteiger partial charge in [0.1, 0.15) is 0 Å². The van der Waals surface area contributed by atoms with Crippen LogP contribution in [-0.4, -0.2) is 71.8 Å². The van der Waals surface area contributed by atoms with Crippen LogP contribution in [-0.2, 0) is 21.4 Å². The number of hydrogen-bond donors (Lipinski definition) is 0. The van der Waals surface area contributed by atoms with E-state index in [0.717, 1.165) is 25.9 Å². The van der Waals surface area contributed by atoms with Crippen LogP contribution in [0, 0.1) is 5.92 Å². The fraction of sp³-hybridized carbons (Fsp3) is 0.464. The smallest absolute Gasteiger partial charge is 0.314 e. The molecule has 0 atom stereocenters. The van der Waals surface area contributed by atoms with Crippen molar-refractivity contribution in [1.82, 2.24) is 20.0 Å². The van der Waals surface area contributed by atoms with Gasteiger partial charge in [0.05, 0.1) is 17.5 Å². The van der Waals surface area contributed by atoms with Crippen LogP contribution >= 0.6 is 11.6 Å². The van der Waals surface area contributed by atoms with Gasteiger partial charge in [0, 0.05) is 35.6 Å². The second-order valence-corrected chi connectivity index (χ2v) is 13.5. The number of rotatable bonds is 9. The Labute approximate surface area is 242 Å². The Hall–Kier alpha value is -3.09. The highest BCUT2D eigenvalue weighted by Gasteiger charge is 2.43. The van der Waals surface area contributed by atoms with Crippen molar-refractivity contribution >= 4 is 33.2 Å². The lowest BCUT2D eigenvalue weighted by molar-refractivity contribution is -0.140. The second-order valence-electron chi connectivity index (χ2n) is 10.9. The zero-order valence-corrected chi connectivity index (χ0v) is 23.8. The number of benzene rings is 2. The lowest BCUT2D eigenvalue weighted by atomic mass is 10.0. The van der Waals surface area contributed by atoms with Gasteiger partial charge in [0.15, 0.2) is 0 Å². The molecular weight excluding hydrogens is 576 g/mol. The molecule has 0 bridgehead atoms. The molecule has 41 heavy (non-hydrogen) atoms. The number of sulfonamides is 1. The molecule has 3 fully saturated rings. The van der Waals surface area contributed by atoms with Gasteiger partial charge in [0.2, 0.25) is 21.8 Å². The van der Waals surface area contributed by atoms with E-state index in [-0.39, 0.29) is 24.3 Å². The van der Waals surface area contributed by atoms with Crippen LogP contribution in [0.4, 0.5) is 14.5 Å². The van der Waals surface area contributed by atoms with Gasteiger partial charge < -0.3 is 9.32 Å². The van der Waals surface area contributed by atoms with Gasteiger partial charge in [-0.3, -0.25) is 14.0 Å². The Kier molecular flexibility index (Phi) is 7.73. The first-order valence-electron chi connectivity index (χ1n) is 13.7. The highest BCUT2D eigenvalue weighted by Crippen LogP contribution is 2.35. The van der Waals surface area contributed by atoms with Gasteiger partial charge in [-0.05, 0) is 74.7 Å². The minimum atomic E-state index is -3.77. The highest BCUT2D eigenvalue weighted by atomic mass is 35.5. The molecule has 6 rings (SSSR count). The van der Waals surface area contributed by atoms with Gasteiger partial charge in [-0.15, -0.1) is 10.2 Å². The molecule has 1 aromatic heterocycles. The van der Waals surface area contributed by atoms with E-state index < -0.39 is 27.6 Å². The number of anilines is 1. The summed E-state index contributed by atoms with van der Waals surface area (Å²) in [5.74, 6) is -0.310. The number of carbonyl (C=O) groups is 1. The van der Waals surface area contributed by atoms with Crippen molar-refractivity contribution in [3.8, 4) is 11.5 Å². The number of nitrogens with zero attached hydrogens (tertiary/aromatic N) is 5. The maximum absolute atomic E-state index is 14.0. The molecule has 3 heterocycles. The fourth-order valence-electron chi connectivity index (χ4n) is 5.49. The summed E-state index contributed by atoms with van der Waals surface area (Å²) in [7, 11) is -3.77. The van der Waals surface area contributed by atoms with Crippen LogP contribution < -0.4 is 4.31 Å². The summed E-state index contributed by atoms with van der Waals surface area (Å²) in [6.45, 7) is 2.83. The number of carbonyl (C=O) groups excluding carboxylic acids is 1. The topological polar surface area (TPSA) is 99.9 Å². The summed E-state index contributed by atoms with van der Waals surface area (Å²) in [4.78, 5) is 16.5. The number of likely N-dealkylation sites (tertiary alicyclic amines) is 2. The largest absolute Gasteiger partial charge is 0.415 e. The third kappa shape index (κ3) is 5.96. The minimum Gasteiger partial charge on any atom is -0.415 e. The van der Waals surface area contributed by atoms with Gasteiger partial charge in [-0.1, -0.05) is 29.8 Å². The number of aromatic nitrogens is 2. The molecule has 0 spiro atoms. The van der Waals surface area contributed by atoms with Crippen LogP contribution in [0.25, 0.3) is 11.5 Å². The maximum Gasteiger partial charge on any atom is 0.314 e. The molecular formula is C28H30ClF2N5O4S. The van der Waals surface area contributed by atoms with E-state index in [0.29, 0.717) is 53.8 Å². The third-order valence-electron chi connectivity index (χ3n) is 8.07. The third-order valence-corrected chi connectivity index (χ3v) is 10.6. The molecule has 2 saturated heterocycles. The normalized spacial score (nSPS) is 19.0. The molecule has 218 valence electrons. The van der Waals surface area contributed by atoms with Gasteiger partial charge in [-0.25, -0.2) is 8.42 Å². The molecule has 1 amide bonds. The quantitative estimate of drug-likeness (QED) is 0.347. The first-order chi connectivity index (χ1) is 19.7. The molecule has 1 saturated carbocycles. The standard InChI is InChI=1S/C28H30ClF2N5O4S/c29-21-2-1-3-22(14-21)36(15-18-4-6-19(7-5-18)26-32-33-27(40-26)25(30)31)41(38,39)24-10-12-34(13-11-24)23-16-35(17-23)28(37)20-8-9-20/h1-7,14,20,23-25H,8-13,15-17H2. The maximum atomic E-state index is 14.0. The lowest BCUT2D eigenvalue weighted by Crippen LogP contribution is -2.63. The van der Waals surface area contributed by atoms with Crippen molar-refractivity contribution in [2.24, 2.45) is 5.92 Å². The Morgan fingerprint density at radius 1 is 1.05 bits per heavy atom. The number of alkyl halides is 2. The molecule has 2 aliphatic heterocycles. The minimum absolute atomic E-state index is 0.0376. The van der Waals surface area contributed by atoms with E-state index >= 15 is 0 Å². The van der Waals surface area contributed by atoms with Gasteiger partial charge in [-0.2, -0.15) is 8.78 Å². The van der Waals surface area contributed by atoms with Crippen molar-refractivity contribution in [2.75, 3.05) is 30.5 Å². The molecule has 13 heteroatoms. The van der Waals surface area contributed by atoms with Crippen LogP contribution in [0.15, 0.2) is 52.9 Å². The number of amides is 1. The van der Waals surface area contributed by atoms with Crippen LogP contribution in [0.2, 0.25) is 5.02 Å². The zero-order valence-electron chi connectivity index (χ0n) is 22.2. The average Bonchev–Trinajstić information content (AvgIpc) is 3.67. The summed E-state index contributed by atoms with van der Waals surface area (Å²) in [5.41, 5.74) is 1.61. The molecule has 3 aliphatic rings. The molecule has 0 unspecified atom stereocenters. The summed E-state index contributed by atoms with van der Waals surface area (Å²) in [6.07, 6.45) is 0.123. The Morgan fingerprint density at radius 2 is 1.76 bits per heavy atom. The SMILES string of the molecule is O=C(C1CC1)N1CC(N2CCC(S(=O)(=O)N(Cc3ccc(-c4nnc(C(F)F)o4)cc3)c3cccc(Cl)c3)CC2)C1. The Balaban J connectivity index is 1.15. The predicted octanol–water partition coefficient (Wildman–Crippen LogP) is 4.75. The van der Waals surface area contributed by atoms with E-state index in [4.69, 9.17) is 16.0 Å². The molecule has 1 aliphatic carbocycles. The van der Waals surface area contributed by atoms with Crippen molar-refractivity contribution < 1.29 is 26.4 Å².